The first kappa shape index (κ1) is 18.5. The van der Waals surface area contributed by atoms with E-state index >= 15 is 0 Å². The quantitative estimate of drug-likeness (QED) is 0.829. The molecule has 0 N–H and O–H groups in total. The highest BCUT2D eigenvalue weighted by Crippen LogP contribution is 2.25. The van der Waals surface area contributed by atoms with E-state index in [1.54, 1.807) is 0 Å². The number of anilines is 1. The van der Waals surface area contributed by atoms with E-state index in [-0.39, 0.29) is 0 Å². The zero-order valence-corrected chi connectivity index (χ0v) is 17.0. The molecule has 0 saturated carbocycles. The Morgan fingerprint density at radius 3 is 2.26 bits per heavy atom. The molecule has 0 bridgehead atoms. The Kier molecular flexibility index (Phi) is 5.50. The molecule has 0 amide bonds. The first-order chi connectivity index (χ1) is 13.1. The Balaban J connectivity index is 1.31. The van der Waals surface area contributed by atoms with Crippen LogP contribution in [0, 0.1) is 0 Å². The zero-order chi connectivity index (χ0) is 18.8. The number of piperazine rings is 1. The van der Waals surface area contributed by atoms with Gasteiger partial charge in [0, 0.05) is 68.9 Å². The minimum Gasteiger partial charge on any atom is -0.371 e. The van der Waals surface area contributed by atoms with Crippen LogP contribution in [0.4, 0.5) is 5.69 Å². The van der Waals surface area contributed by atoms with Gasteiger partial charge >= 0.3 is 0 Å². The van der Waals surface area contributed by atoms with Crippen LogP contribution in [-0.4, -0.2) is 70.4 Å². The maximum Gasteiger partial charge on any atom is 0.0647 e. The number of hydrogen-bond acceptors (Lipinski definition) is 4. The van der Waals surface area contributed by atoms with E-state index in [1.807, 2.05) is 23.1 Å². The molecule has 2 saturated heterocycles. The van der Waals surface area contributed by atoms with Crippen LogP contribution in [0.2, 0.25) is 0 Å². The van der Waals surface area contributed by atoms with Gasteiger partial charge < -0.3 is 4.90 Å². The lowest BCUT2D eigenvalue weighted by atomic mass is 10.00. The second kappa shape index (κ2) is 8.03. The molecule has 2 aromatic rings. The average Bonchev–Trinajstić information content (AvgIpc) is 3.23. The summed E-state index contributed by atoms with van der Waals surface area (Å²) in [7, 11) is 0. The van der Waals surface area contributed by atoms with E-state index in [0.29, 0.717) is 12.1 Å². The molecule has 27 heavy (non-hydrogen) atoms. The summed E-state index contributed by atoms with van der Waals surface area (Å²) in [5, 5.41) is 4.31. The number of nitrogens with zero attached hydrogens (tertiary/aromatic N) is 5. The van der Waals surface area contributed by atoms with Gasteiger partial charge in [0.2, 0.25) is 0 Å². The Morgan fingerprint density at radius 1 is 0.963 bits per heavy atom. The van der Waals surface area contributed by atoms with Crippen molar-refractivity contribution in [1.82, 2.24) is 19.6 Å². The van der Waals surface area contributed by atoms with Crippen molar-refractivity contribution < 1.29 is 0 Å². The fourth-order valence-corrected chi connectivity index (χ4v) is 4.83. The summed E-state index contributed by atoms with van der Waals surface area (Å²) in [5.74, 6) is 0. The van der Waals surface area contributed by atoms with Gasteiger partial charge in [0.15, 0.2) is 0 Å². The molecule has 1 atom stereocenters. The van der Waals surface area contributed by atoms with Crippen LogP contribution in [0.1, 0.15) is 33.6 Å². The number of piperidine rings is 1. The van der Waals surface area contributed by atoms with E-state index in [4.69, 9.17) is 0 Å². The standard InChI is InChI=1S/C22H33N5/c1-18(2)26-16-15-25(17-19(26)3)21-9-13-24(14-10-21)20-5-7-22(8-6-20)27-12-4-11-23-27/h4-8,11-12,18-19,21H,9-10,13-17H2,1-3H3. The fourth-order valence-electron chi connectivity index (χ4n) is 4.83. The van der Waals surface area contributed by atoms with E-state index in [0.717, 1.165) is 24.8 Å². The molecular formula is C22H33N5. The van der Waals surface area contributed by atoms with Crippen LogP contribution >= 0.6 is 0 Å². The predicted octanol–water partition coefficient (Wildman–Crippen LogP) is 3.26. The SMILES string of the molecule is CC(C)N1CCN(C2CCN(c3ccc(-n4cccn4)cc3)CC2)CC1C. The molecule has 5 nitrogen and oxygen atoms in total. The molecule has 3 heterocycles. The summed E-state index contributed by atoms with van der Waals surface area (Å²) >= 11 is 0. The topological polar surface area (TPSA) is 27.5 Å². The van der Waals surface area contributed by atoms with Crippen molar-refractivity contribution >= 4 is 5.69 Å². The van der Waals surface area contributed by atoms with Crippen LogP contribution in [0.15, 0.2) is 42.7 Å². The Morgan fingerprint density at radius 2 is 1.67 bits per heavy atom. The molecule has 1 aromatic heterocycles. The molecule has 2 aliphatic rings. The molecule has 5 heteroatoms. The predicted molar refractivity (Wildman–Crippen MR) is 112 cm³/mol. The van der Waals surface area contributed by atoms with Crippen molar-refractivity contribution in [2.75, 3.05) is 37.6 Å². The van der Waals surface area contributed by atoms with Gasteiger partial charge in [-0.2, -0.15) is 5.10 Å². The van der Waals surface area contributed by atoms with Crippen molar-refractivity contribution in [1.29, 1.82) is 0 Å². The van der Waals surface area contributed by atoms with Crippen LogP contribution in [0.3, 0.4) is 0 Å². The van der Waals surface area contributed by atoms with E-state index in [1.165, 1.54) is 38.2 Å². The van der Waals surface area contributed by atoms with Gasteiger partial charge in [-0.3, -0.25) is 9.80 Å². The molecule has 1 unspecified atom stereocenters. The van der Waals surface area contributed by atoms with E-state index in [2.05, 4.69) is 64.8 Å². The Hall–Kier alpha value is -1.85. The number of aromatic nitrogens is 2. The van der Waals surface area contributed by atoms with Gasteiger partial charge in [-0.25, -0.2) is 4.68 Å². The van der Waals surface area contributed by atoms with Gasteiger partial charge in [-0.05, 0) is 63.9 Å². The third-order valence-corrected chi connectivity index (χ3v) is 6.34. The minimum atomic E-state index is 0.661. The highest BCUT2D eigenvalue weighted by molar-refractivity contribution is 5.51. The van der Waals surface area contributed by atoms with Gasteiger partial charge in [0.1, 0.15) is 0 Å². The molecule has 1 aromatic carbocycles. The number of benzene rings is 1. The van der Waals surface area contributed by atoms with Crippen LogP contribution in [-0.2, 0) is 0 Å². The third kappa shape index (κ3) is 4.04. The summed E-state index contributed by atoms with van der Waals surface area (Å²) < 4.78 is 1.91. The molecule has 4 rings (SSSR count). The largest absolute Gasteiger partial charge is 0.371 e. The van der Waals surface area contributed by atoms with Crippen molar-refractivity contribution in [3.63, 3.8) is 0 Å². The smallest absolute Gasteiger partial charge is 0.0647 e. The summed E-state index contributed by atoms with van der Waals surface area (Å²) in [6.45, 7) is 13.0. The first-order valence-electron chi connectivity index (χ1n) is 10.5. The van der Waals surface area contributed by atoms with Gasteiger partial charge in [0.05, 0.1) is 5.69 Å². The van der Waals surface area contributed by atoms with Crippen LogP contribution in [0.5, 0.6) is 0 Å². The maximum atomic E-state index is 4.31. The summed E-state index contributed by atoms with van der Waals surface area (Å²) in [5.41, 5.74) is 2.46. The van der Waals surface area contributed by atoms with E-state index in [9.17, 15) is 0 Å². The van der Waals surface area contributed by atoms with Crippen LogP contribution in [0.25, 0.3) is 5.69 Å². The Bertz CT molecular complexity index is 701. The molecule has 0 aliphatic carbocycles. The van der Waals surface area contributed by atoms with Crippen molar-refractivity contribution in [2.45, 2.75) is 51.7 Å². The fraction of sp³-hybridized carbons (Fsp3) is 0.591. The highest BCUT2D eigenvalue weighted by atomic mass is 15.3. The summed E-state index contributed by atoms with van der Waals surface area (Å²) in [6, 6.07) is 12.9. The molecule has 2 fully saturated rings. The monoisotopic (exact) mass is 367 g/mol. The lowest BCUT2D eigenvalue weighted by molar-refractivity contribution is 0.0305. The van der Waals surface area contributed by atoms with Crippen LogP contribution < -0.4 is 4.90 Å². The lowest BCUT2D eigenvalue weighted by Gasteiger charge is -2.47. The number of rotatable bonds is 4. The normalized spacial score (nSPS) is 23.3. The van der Waals surface area contributed by atoms with E-state index < -0.39 is 0 Å². The molecule has 0 radical (unpaired) electrons. The van der Waals surface area contributed by atoms with Gasteiger partial charge in [-0.1, -0.05) is 0 Å². The Labute approximate surface area is 163 Å². The molecule has 0 spiro atoms. The van der Waals surface area contributed by atoms with Crippen molar-refractivity contribution in [3.8, 4) is 5.69 Å². The summed E-state index contributed by atoms with van der Waals surface area (Å²) in [4.78, 5) is 7.94. The average molecular weight is 368 g/mol. The second-order valence-electron chi connectivity index (χ2n) is 8.36. The van der Waals surface area contributed by atoms with Gasteiger partial charge in [0.25, 0.3) is 0 Å². The minimum absolute atomic E-state index is 0.661. The van der Waals surface area contributed by atoms with Gasteiger partial charge in [-0.15, -0.1) is 0 Å². The summed E-state index contributed by atoms with van der Waals surface area (Å²) in [6.07, 6.45) is 6.35. The third-order valence-electron chi connectivity index (χ3n) is 6.34. The number of hydrogen-bond donors (Lipinski definition) is 0. The highest BCUT2D eigenvalue weighted by Gasteiger charge is 2.31. The zero-order valence-electron chi connectivity index (χ0n) is 17.0. The van der Waals surface area contributed by atoms with Crippen molar-refractivity contribution in [3.05, 3.63) is 42.7 Å². The van der Waals surface area contributed by atoms with Crippen molar-refractivity contribution in [2.24, 2.45) is 0 Å². The molecule has 146 valence electrons. The second-order valence-corrected chi connectivity index (χ2v) is 8.36. The lowest BCUT2D eigenvalue weighted by Crippen LogP contribution is -2.58. The maximum absolute atomic E-state index is 4.31. The molecular weight excluding hydrogens is 334 g/mol. The molecule has 2 aliphatic heterocycles. The first-order valence-corrected chi connectivity index (χ1v) is 10.5.